The Bertz CT molecular complexity index is 1570. The smallest absolute Gasteiger partial charge is 0.307 e. The fourth-order valence-corrected chi connectivity index (χ4v) is 6.13. The van der Waals surface area contributed by atoms with Crippen molar-refractivity contribution in [1.82, 2.24) is 5.43 Å². The van der Waals surface area contributed by atoms with E-state index >= 15 is 0 Å². The molecule has 174 valence electrons. The molecule has 0 aliphatic carbocycles. The Morgan fingerprint density at radius 2 is 1.71 bits per heavy atom. The summed E-state index contributed by atoms with van der Waals surface area (Å²) < 4.78 is 14.6. The van der Waals surface area contributed by atoms with Crippen LogP contribution in [0.25, 0.3) is 21.7 Å². The Hall–Kier alpha value is -2.44. The molecule has 1 N–H and O–H groups in total. The summed E-state index contributed by atoms with van der Waals surface area (Å²) in [6, 6.07) is 25.8. The predicted molar refractivity (Wildman–Crippen MR) is 159 cm³/mol. The fraction of sp³-hybridized carbons (Fsp3) is 0.0370. The number of amides is 1. The van der Waals surface area contributed by atoms with Gasteiger partial charge in [0.2, 0.25) is 0 Å². The summed E-state index contributed by atoms with van der Waals surface area (Å²) in [5, 5.41) is 7.35. The minimum Gasteiger partial charge on any atom is -0.487 e. The van der Waals surface area contributed by atoms with E-state index in [1.54, 1.807) is 12.3 Å². The van der Waals surface area contributed by atoms with Crippen molar-refractivity contribution in [2.75, 3.05) is 0 Å². The fourth-order valence-electron chi connectivity index (χ4n) is 3.62. The predicted octanol–water partition coefficient (Wildman–Crippen LogP) is 7.90. The number of nitrogens with zero attached hydrogens (tertiary/aromatic N) is 1. The third-order valence-corrected chi connectivity index (χ3v) is 7.40. The molecular formula is C27H17BrI2N2O3. The first-order valence-electron chi connectivity index (χ1n) is 10.6. The standard InChI is InChI=1S/C27H17BrI2N2O3/c28-21-7-8-24-20(12-21)13-25(35-24)27(33)32-31-14-17-10-22(29)26(23(30)11-17)34-15-16-5-6-18-3-1-2-4-19(18)9-16/h1-14H,15H2,(H,32,33)/b31-14+. The molecule has 0 saturated heterocycles. The monoisotopic (exact) mass is 750 g/mol. The topological polar surface area (TPSA) is 63.8 Å². The zero-order valence-electron chi connectivity index (χ0n) is 18.1. The van der Waals surface area contributed by atoms with Gasteiger partial charge in [0, 0.05) is 9.86 Å². The lowest BCUT2D eigenvalue weighted by Crippen LogP contribution is -2.16. The van der Waals surface area contributed by atoms with Crippen LogP contribution >= 0.6 is 61.1 Å². The first kappa shape index (κ1) is 24.3. The Balaban J connectivity index is 1.24. The average Bonchev–Trinajstić information content (AvgIpc) is 3.27. The highest BCUT2D eigenvalue weighted by molar-refractivity contribution is 14.1. The molecule has 0 radical (unpaired) electrons. The molecule has 5 aromatic rings. The van der Waals surface area contributed by atoms with E-state index in [1.165, 1.54) is 10.8 Å². The van der Waals surface area contributed by atoms with Crippen LogP contribution in [0.15, 0.2) is 92.9 Å². The van der Waals surface area contributed by atoms with Gasteiger partial charge in [-0.15, -0.1) is 0 Å². The number of hydrogen-bond donors (Lipinski definition) is 1. The zero-order valence-corrected chi connectivity index (χ0v) is 24.0. The number of ether oxygens (including phenoxy) is 1. The number of rotatable bonds is 6. The molecule has 0 saturated carbocycles. The maximum atomic E-state index is 12.4. The molecule has 5 rings (SSSR count). The van der Waals surface area contributed by atoms with Gasteiger partial charge in [-0.05, 0) is 110 Å². The molecule has 1 amide bonds. The zero-order chi connectivity index (χ0) is 24.4. The molecule has 0 unspecified atom stereocenters. The van der Waals surface area contributed by atoms with E-state index in [2.05, 4.69) is 102 Å². The van der Waals surface area contributed by atoms with Gasteiger partial charge in [-0.2, -0.15) is 5.10 Å². The Kier molecular flexibility index (Phi) is 7.40. The summed E-state index contributed by atoms with van der Waals surface area (Å²) in [6.45, 7) is 0.481. The van der Waals surface area contributed by atoms with Crippen molar-refractivity contribution >= 4 is 95.0 Å². The number of hydrazone groups is 1. The van der Waals surface area contributed by atoms with Gasteiger partial charge in [0.05, 0.1) is 13.4 Å². The number of carbonyl (C=O) groups excluding carboxylic acids is 1. The molecule has 1 aromatic heterocycles. The second kappa shape index (κ2) is 10.7. The highest BCUT2D eigenvalue weighted by Crippen LogP contribution is 2.30. The Labute approximate surface area is 237 Å². The van der Waals surface area contributed by atoms with Crippen LogP contribution in [0.1, 0.15) is 21.7 Å². The summed E-state index contributed by atoms with van der Waals surface area (Å²) in [6.07, 6.45) is 1.61. The highest BCUT2D eigenvalue weighted by Gasteiger charge is 2.12. The van der Waals surface area contributed by atoms with Crippen molar-refractivity contribution in [1.29, 1.82) is 0 Å². The first-order valence-corrected chi connectivity index (χ1v) is 13.5. The quantitative estimate of drug-likeness (QED) is 0.109. The van der Waals surface area contributed by atoms with Crippen molar-refractivity contribution in [2.24, 2.45) is 5.10 Å². The maximum absolute atomic E-state index is 12.4. The number of fused-ring (bicyclic) bond motifs is 2. The van der Waals surface area contributed by atoms with Crippen LogP contribution in [-0.4, -0.2) is 12.1 Å². The second-order valence-electron chi connectivity index (χ2n) is 7.78. The normalized spacial score (nSPS) is 11.4. The van der Waals surface area contributed by atoms with Gasteiger partial charge in [0.1, 0.15) is 17.9 Å². The molecule has 0 atom stereocenters. The van der Waals surface area contributed by atoms with Gasteiger partial charge in [0.25, 0.3) is 0 Å². The van der Waals surface area contributed by atoms with Crippen molar-refractivity contribution < 1.29 is 13.9 Å². The van der Waals surface area contributed by atoms with Crippen LogP contribution in [0.4, 0.5) is 0 Å². The molecular weight excluding hydrogens is 734 g/mol. The maximum Gasteiger partial charge on any atom is 0.307 e. The van der Waals surface area contributed by atoms with Gasteiger partial charge in [-0.25, -0.2) is 5.43 Å². The van der Waals surface area contributed by atoms with E-state index in [0.29, 0.717) is 12.2 Å². The van der Waals surface area contributed by atoms with Gasteiger partial charge in [-0.3, -0.25) is 4.79 Å². The van der Waals surface area contributed by atoms with Crippen molar-refractivity contribution in [3.8, 4) is 5.75 Å². The molecule has 0 aliphatic rings. The summed E-state index contributed by atoms with van der Waals surface area (Å²) in [4.78, 5) is 12.4. The SMILES string of the molecule is O=C(N/N=C/c1cc(I)c(OCc2ccc3ccccc3c2)c(I)c1)c1cc2cc(Br)ccc2o1. The number of carbonyl (C=O) groups is 1. The van der Waals surface area contributed by atoms with E-state index in [4.69, 9.17) is 9.15 Å². The molecule has 0 aliphatic heterocycles. The Morgan fingerprint density at radius 1 is 0.943 bits per heavy atom. The van der Waals surface area contributed by atoms with Crippen molar-refractivity contribution in [3.05, 3.63) is 107 Å². The van der Waals surface area contributed by atoms with Crippen LogP contribution in [0.3, 0.4) is 0 Å². The highest BCUT2D eigenvalue weighted by atomic mass is 127. The summed E-state index contributed by atoms with van der Waals surface area (Å²) in [5.41, 5.74) is 5.14. The summed E-state index contributed by atoms with van der Waals surface area (Å²) >= 11 is 7.93. The molecule has 0 fully saturated rings. The van der Waals surface area contributed by atoms with Crippen molar-refractivity contribution in [2.45, 2.75) is 6.61 Å². The molecule has 1 heterocycles. The van der Waals surface area contributed by atoms with Crippen LogP contribution in [0.5, 0.6) is 5.75 Å². The van der Waals surface area contributed by atoms with Gasteiger partial charge in [0.15, 0.2) is 5.76 Å². The van der Waals surface area contributed by atoms with Gasteiger partial charge in [-0.1, -0.05) is 52.3 Å². The number of hydrogen-bond acceptors (Lipinski definition) is 4. The molecule has 5 nitrogen and oxygen atoms in total. The minimum absolute atomic E-state index is 0.205. The van der Waals surface area contributed by atoms with Crippen molar-refractivity contribution in [3.63, 3.8) is 0 Å². The van der Waals surface area contributed by atoms with E-state index in [-0.39, 0.29) is 5.76 Å². The molecule has 4 aromatic carbocycles. The van der Waals surface area contributed by atoms with Crippen LogP contribution in [-0.2, 0) is 6.61 Å². The van der Waals surface area contributed by atoms with Crippen LogP contribution in [0.2, 0.25) is 0 Å². The van der Waals surface area contributed by atoms with Crippen LogP contribution in [0, 0.1) is 7.14 Å². The second-order valence-corrected chi connectivity index (χ2v) is 11.0. The third kappa shape index (κ3) is 5.70. The lowest BCUT2D eigenvalue weighted by molar-refractivity contribution is 0.0929. The van der Waals surface area contributed by atoms with E-state index in [0.717, 1.165) is 33.9 Å². The number of nitrogens with one attached hydrogen (secondary N) is 1. The van der Waals surface area contributed by atoms with E-state index in [9.17, 15) is 4.79 Å². The number of halogens is 3. The van der Waals surface area contributed by atoms with Gasteiger partial charge < -0.3 is 9.15 Å². The molecule has 35 heavy (non-hydrogen) atoms. The first-order chi connectivity index (χ1) is 17.0. The van der Waals surface area contributed by atoms with E-state index in [1.807, 2.05) is 42.5 Å². The minimum atomic E-state index is -0.409. The summed E-state index contributed by atoms with van der Waals surface area (Å²) in [5.74, 6) is 0.624. The number of furan rings is 1. The molecule has 0 bridgehead atoms. The van der Waals surface area contributed by atoms with Crippen LogP contribution < -0.4 is 10.2 Å². The van der Waals surface area contributed by atoms with E-state index < -0.39 is 5.91 Å². The molecule has 0 spiro atoms. The number of benzene rings is 4. The Morgan fingerprint density at radius 3 is 2.51 bits per heavy atom. The lowest BCUT2D eigenvalue weighted by Gasteiger charge is -2.12. The average molecular weight is 751 g/mol. The third-order valence-electron chi connectivity index (χ3n) is 5.30. The summed E-state index contributed by atoms with van der Waals surface area (Å²) in [7, 11) is 0. The molecule has 8 heteroatoms. The van der Waals surface area contributed by atoms with Gasteiger partial charge >= 0.3 is 5.91 Å². The lowest BCUT2D eigenvalue weighted by atomic mass is 10.1. The largest absolute Gasteiger partial charge is 0.487 e.